The van der Waals surface area contributed by atoms with Crippen molar-refractivity contribution in [2.75, 3.05) is 26.2 Å². The van der Waals surface area contributed by atoms with Crippen molar-refractivity contribution in [3.63, 3.8) is 0 Å². The van der Waals surface area contributed by atoms with Crippen LogP contribution in [-0.2, 0) is 9.59 Å². The number of carbonyl (C=O) groups excluding carboxylic acids is 2. The third kappa shape index (κ3) is 4.34. The van der Waals surface area contributed by atoms with E-state index < -0.39 is 5.91 Å². The predicted octanol–water partition coefficient (Wildman–Crippen LogP) is 2.51. The summed E-state index contributed by atoms with van der Waals surface area (Å²) in [7, 11) is 0. The summed E-state index contributed by atoms with van der Waals surface area (Å²) in [5.74, 6) is 0.283. The van der Waals surface area contributed by atoms with Gasteiger partial charge >= 0.3 is 0 Å². The molecule has 1 atom stereocenters. The molecule has 2 heterocycles. The molecule has 1 spiro atoms. The topological polar surface area (TPSA) is 66.6 Å². The fourth-order valence-corrected chi connectivity index (χ4v) is 5.08. The van der Waals surface area contributed by atoms with Crippen LogP contribution in [-0.4, -0.2) is 53.8 Å². The third-order valence-corrected chi connectivity index (χ3v) is 6.77. The number of rotatable bonds is 5. The molecule has 2 aliphatic heterocycles. The van der Waals surface area contributed by atoms with E-state index in [0.29, 0.717) is 11.3 Å². The first kappa shape index (κ1) is 18.5. The van der Waals surface area contributed by atoms with E-state index in [1.54, 1.807) is 0 Å². The van der Waals surface area contributed by atoms with Crippen LogP contribution in [0.25, 0.3) is 0 Å². The molecule has 5 nitrogen and oxygen atoms in total. The van der Waals surface area contributed by atoms with Gasteiger partial charge in [0.15, 0.2) is 0 Å². The summed E-state index contributed by atoms with van der Waals surface area (Å²) in [4.78, 5) is 28.0. The van der Waals surface area contributed by atoms with E-state index in [-0.39, 0.29) is 18.7 Å². The highest BCUT2D eigenvalue weighted by Crippen LogP contribution is 2.47. The molecule has 0 bridgehead atoms. The Balaban J connectivity index is 1.42. The Labute approximate surface area is 161 Å². The second kappa shape index (κ2) is 7.63. The van der Waals surface area contributed by atoms with Crippen LogP contribution in [0.1, 0.15) is 56.4 Å². The lowest BCUT2D eigenvalue weighted by molar-refractivity contribution is -0.136. The number of hydrogen-bond acceptors (Lipinski definition) is 3. The lowest BCUT2D eigenvalue weighted by atomic mass is 9.68. The van der Waals surface area contributed by atoms with E-state index in [2.05, 4.69) is 35.2 Å². The lowest BCUT2D eigenvalue weighted by Crippen LogP contribution is -2.53. The Morgan fingerprint density at radius 1 is 1.07 bits per heavy atom. The summed E-state index contributed by atoms with van der Waals surface area (Å²) in [5.41, 5.74) is 6.97. The van der Waals surface area contributed by atoms with Crippen LogP contribution in [0.15, 0.2) is 30.3 Å². The Kier molecular flexibility index (Phi) is 5.22. The van der Waals surface area contributed by atoms with Crippen LogP contribution in [0.4, 0.5) is 0 Å². The van der Waals surface area contributed by atoms with Crippen molar-refractivity contribution in [1.82, 2.24) is 9.80 Å². The normalized spacial score (nSPS) is 25.5. The molecule has 5 heteroatoms. The van der Waals surface area contributed by atoms with Gasteiger partial charge in [0.2, 0.25) is 11.8 Å². The van der Waals surface area contributed by atoms with Gasteiger partial charge in [-0.2, -0.15) is 0 Å². The number of likely N-dealkylation sites (tertiary alicyclic amines) is 2. The molecule has 0 aromatic heterocycles. The van der Waals surface area contributed by atoms with E-state index in [0.717, 1.165) is 32.0 Å². The quantitative estimate of drug-likeness (QED) is 0.867. The Bertz CT molecular complexity index is 678. The maximum Gasteiger partial charge on any atom is 0.223 e. The van der Waals surface area contributed by atoms with Crippen LogP contribution in [0.3, 0.4) is 0 Å². The molecular formula is C22H31N3O2. The van der Waals surface area contributed by atoms with Crippen LogP contribution in [0.5, 0.6) is 0 Å². The molecular weight excluding hydrogens is 338 g/mol. The van der Waals surface area contributed by atoms with Gasteiger partial charge in [0.1, 0.15) is 0 Å². The monoisotopic (exact) mass is 369 g/mol. The minimum Gasteiger partial charge on any atom is -0.370 e. The number of nitrogens with two attached hydrogens (primary N) is 1. The van der Waals surface area contributed by atoms with Crippen molar-refractivity contribution < 1.29 is 9.59 Å². The van der Waals surface area contributed by atoms with Gasteiger partial charge < -0.3 is 10.6 Å². The van der Waals surface area contributed by atoms with Crippen molar-refractivity contribution >= 4 is 11.8 Å². The number of benzene rings is 1. The van der Waals surface area contributed by atoms with Crippen LogP contribution >= 0.6 is 0 Å². The number of amides is 2. The first-order valence-corrected chi connectivity index (χ1v) is 10.4. The molecule has 27 heavy (non-hydrogen) atoms. The predicted molar refractivity (Wildman–Crippen MR) is 105 cm³/mol. The highest BCUT2D eigenvalue weighted by molar-refractivity contribution is 5.82. The minimum atomic E-state index is -0.394. The SMILES string of the molecule is NC(=O)CCC(=O)N1CCC2(CC1)CC(c1ccccc1)CN(C1CC1)C2. The average molecular weight is 370 g/mol. The zero-order valence-corrected chi connectivity index (χ0v) is 16.1. The van der Waals surface area contributed by atoms with Gasteiger partial charge in [-0.05, 0) is 49.0 Å². The number of primary amides is 1. The lowest BCUT2D eigenvalue weighted by Gasteiger charge is -2.50. The van der Waals surface area contributed by atoms with Crippen LogP contribution in [0, 0.1) is 5.41 Å². The molecule has 1 unspecified atom stereocenters. The molecule has 0 radical (unpaired) electrons. The summed E-state index contributed by atoms with van der Waals surface area (Å²) in [6.45, 7) is 4.00. The van der Waals surface area contributed by atoms with Crippen molar-refractivity contribution in [3.05, 3.63) is 35.9 Å². The fraction of sp³-hybridized carbons (Fsp3) is 0.636. The Morgan fingerprint density at radius 3 is 2.41 bits per heavy atom. The van der Waals surface area contributed by atoms with Crippen molar-refractivity contribution in [2.24, 2.45) is 11.1 Å². The molecule has 2 saturated heterocycles. The zero-order valence-electron chi connectivity index (χ0n) is 16.1. The Morgan fingerprint density at radius 2 is 1.78 bits per heavy atom. The second-order valence-electron chi connectivity index (χ2n) is 8.82. The fourth-order valence-electron chi connectivity index (χ4n) is 5.08. The molecule has 1 aliphatic carbocycles. The maximum atomic E-state index is 12.3. The van der Waals surface area contributed by atoms with Crippen molar-refractivity contribution in [1.29, 1.82) is 0 Å². The van der Waals surface area contributed by atoms with Crippen LogP contribution in [0.2, 0.25) is 0 Å². The molecule has 3 aliphatic rings. The van der Waals surface area contributed by atoms with E-state index >= 15 is 0 Å². The number of nitrogens with zero attached hydrogens (tertiary/aromatic N) is 2. The zero-order chi connectivity index (χ0) is 18.9. The molecule has 146 valence electrons. The van der Waals surface area contributed by atoms with Gasteiger partial charge in [0.25, 0.3) is 0 Å². The summed E-state index contributed by atoms with van der Waals surface area (Å²) in [5, 5.41) is 0. The molecule has 4 rings (SSSR count). The largest absolute Gasteiger partial charge is 0.370 e. The minimum absolute atomic E-state index is 0.0816. The highest BCUT2D eigenvalue weighted by Gasteiger charge is 2.45. The highest BCUT2D eigenvalue weighted by atomic mass is 16.2. The van der Waals surface area contributed by atoms with Gasteiger partial charge in [0.05, 0.1) is 0 Å². The number of carbonyl (C=O) groups is 2. The average Bonchev–Trinajstić information content (AvgIpc) is 3.52. The van der Waals surface area contributed by atoms with Gasteiger partial charge in [-0.25, -0.2) is 0 Å². The summed E-state index contributed by atoms with van der Waals surface area (Å²) in [6.07, 6.45) is 6.47. The maximum absolute atomic E-state index is 12.3. The molecule has 1 aromatic rings. The second-order valence-corrected chi connectivity index (χ2v) is 8.82. The Hall–Kier alpha value is -1.88. The smallest absolute Gasteiger partial charge is 0.223 e. The number of piperidine rings is 2. The van der Waals surface area contributed by atoms with E-state index in [9.17, 15) is 9.59 Å². The van der Waals surface area contributed by atoms with Gasteiger partial charge in [-0.3, -0.25) is 14.5 Å². The molecule has 2 N–H and O–H groups in total. The first-order chi connectivity index (χ1) is 13.0. The van der Waals surface area contributed by atoms with E-state index in [1.807, 2.05) is 4.90 Å². The molecule has 3 fully saturated rings. The summed E-state index contributed by atoms with van der Waals surface area (Å²) in [6, 6.07) is 11.7. The summed E-state index contributed by atoms with van der Waals surface area (Å²) >= 11 is 0. The first-order valence-electron chi connectivity index (χ1n) is 10.4. The summed E-state index contributed by atoms with van der Waals surface area (Å²) < 4.78 is 0. The third-order valence-electron chi connectivity index (χ3n) is 6.77. The van der Waals surface area contributed by atoms with Gasteiger partial charge in [0, 0.05) is 45.1 Å². The van der Waals surface area contributed by atoms with E-state index in [4.69, 9.17) is 5.73 Å². The van der Waals surface area contributed by atoms with E-state index in [1.165, 1.54) is 37.9 Å². The number of hydrogen-bond donors (Lipinski definition) is 1. The molecule has 1 saturated carbocycles. The van der Waals surface area contributed by atoms with Gasteiger partial charge in [-0.1, -0.05) is 30.3 Å². The van der Waals surface area contributed by atoms with Crippen molar-refractivity contribution in [3.8, 4) is 0 Å². The van der Waals surface area contributed by atoms with Crippen molar-refractivity contribution in [2.45, 2.75) is 56.9 Å². The molecule has 1 aromatic carbocycles. The van der Waals surface area contributed by atoms with Gasteiger partial charge in [-0.15, -0.1) is 0 Å². The molecule has 2 amide bonds. The standard InChI is InChI=1S/C22H31N3O2/c23-20(26)8-9-21(27)24-12-10-22(11-13-24)14-18(17-4-2-1-3-5-17)15-25(16-22)19-6-7-19/h1-5,18-19H,6-16H2,(H2,23,26). The van der Waals surface area contributed by atoms with Crippen LogP contribution < -0.4 is 5.73 Å².